The van der Waals surface area contributed by atoms with E-state index in [4.69, 9.17) is 0 Å². The molecule has 0 unspecified atom stereocenters. The van der Waals surface area contributed by atoms with Gasteiger partial charge in [-0.2, -0.15) is 4.40 Å². The third-order valence-corrected chi connectivity index (χ3v) is 3.70. The van der Waals surface area contributed by atoms with Gasteiger partial charge in [-0.15, -0.1) is 0 Å². The molecule has 1 aromatic rings. The van der Waals surface area contributed by atoms with Crippen molar-refractivity contribution < 1.29 is 4.21 Å². The first-order chi connectivity index (χ1) is 7.30. The summed E-state index contributed by atoms with van der Waals surface area (Å²) in [6.07, 6.45) is 0. The van der Waals surface area contributed by atoms with Crippen LogP contribution in [0.15, 0.2) is 28.7 Å². The molecule has 3 heteroatoms. The summed E-state index contributed by atoms with van der Waals surface area (Å²) < 4.78 is 15.8. The highest BCUT2D eigenvalue weighted by molar-refractivity contribution is 7.85. The molecule has 88 valence electrons. The summed E-state index contributed by atoms with van der Waals surface area (Å²) in [6, 6.07) is 8.09. The number of nitrogens with zero attached hydrogens (tertiary/aromatic N) is 1. The molecule has 0 aromatic heterocycles. The van der Waals surface area contributed by atoms with Gasteiger partial charge in [0, 0.05) is 0 Å². The number of hydrogen-bond acceptors (Lipinski definition) is 1. The van der Waals surface area contributed by atoms with Gasteiger partial charge in [0.15, 0.2) is 0 Å². The highest BCUT2D eigenvalue weighted by Crippen LogP contribution is 2.14. The minimum Gasteiger partial charge on any atom is -0.234 e. The molecule has 0 aliphatic heterocycles. The molecule has 0 N–H and O–H groups in total. The lowest BCUT2D eigenvalue weighted by atomic mass is 10.1. The summed E-state index contributed by atoms with van der Waals surface area (Å²) in [5.41, 5.74) is 3.07. The summed E-state index contributed by atoms with van der Waals surface area (Å²) in [5, 5.41) is 0. The molecule has 0 amide bonds. The van der Waals surface area contributed by atoms with Crippen LogP contribution in [0, 0.1) is 6.92 Å². The van der Waals surface area contributed by atoms with Crippen LogP contribution in [0.4, 0.5) is 0 Å². The Balaban J connectivity index is 2.94. The van der Waals surface area contributed by atoms with Crippen molar-refractivity contribution in [2.75, 3.05) is 0 Å². The zero-order valence-corrected chi connectivity index (χ0v) is 11.4. The van der Waals surface area contributed by atoms with Gasteiger partial charge in [0.2, 0.25) is 0 Å². The van der Waals surface area contributed by atoms with E-state index in [9.17, 15) is 4.21 Å². The van der Waals surface area contributed by atoms with E-state index >= 15 is 0 Å². The van der Waals surface area contributed by atoms with Crippen molar-refractivity contribution in [3.8, 4) is 0 Å². The molecule has 0 heterocycles. The summed E-state index contributed by atoms with van der Waals surface area (Å²) in [4.78, 5) is 0. The lowest BCUT2D eigenvalue weighted by Gasteiger charge is -2.14. The third-order valence-electron chi connectivity index (χ3n) is 2.21. The molecule has 0 aliphatic rings. The summed E-state index contributed by atoms with van der Waals surface area (Å²) in [6.45, 7) is 9.72. The van der Waals surface area contributed by atoms with Crippen LogP contribution >= 0.6 is 0 Å². The van der Waals surface area contributed by atoms with Gasteiger partial charge in [0.25, 0.3) is 0 Å². The van der Waals surface area contributed by atoms with Crippen molar-refractivity contribution in [2.45, 2.75) is 39.4 Å². The van der Waals surface area contributed by atoms with Crippen LogP contribution in [-0.2, 0) is 11.0 Å². The highest BCUT2D eigenvalue weighted by Gasteiger charge is 2.19. The van der Waals surface area contributed by atoms with Crippen LogP contribution in [-0.4, -0.2) is 14.7 Å². The Labute approximate surface area is 100 Å². The molecule has 0 bridgehead atoms. The van der Waals surface area contributed by atoms with Crippen LogP contribution in [0.1, 0.15) is 38.8 Å². The molecule has 0 fully saturated rings. The molecule has 0 spiro atoms. The van der Waals surface area contributed by atoms with Crippen molar-refractivity contribution in [1.29, 1.82) is 0 Å². The van der Waals surface area contributed by atoms with Crippen molar-refractivity contribution >= 4 is 16.7 Å². The second kappa shape index (κ2) is 4.91. The van der Waals surface area contributed by atoms with Crippen LogP contribution in [0.5, 0.6) is 0 Å². The van der Waals surface area contributed by atoms with Crippen LogP contribution in [0.3, 0.4) is 0 Å². The molecule has 1 aromatic carbocycles. The van der Waals surface area contributed by atoms with Gasteiger partial charge in [-0.1, -0.05) is 29.8 Å². The average molecular weight is 237 g/mol. The van der Waals surface area contributed by atoms with Crippen molar-refractivity contribution in [2.24, 2.45) is 4.40 Å². The number of hydrogen-bond donors (Lipinski definition) is 0. The van der Waals surface area contributed by atoms with E-state index in [0.717, 1.165) is 11.3 Å². The Morgan fingerprint density at radius 1 is 1.19 bits per heavy atom. The SMILES string of the molecule is C/C(=N\[S@](=O)C(C)(C)C)c1ccc(C)cc1. The number of aryl methyl sites for hydroxylation is 1. The van der Waals surface area contributed by atoms with Crippen LogP contribution in [0.25, 0.3) is 0 Å². The first kappa shape index (κ1) is 13.1. The molecule has 1 atom stereocenters. The minimum absolute atomic E-state index is 0.300. The monoisotopic (exact) mass is 237 g/mol. The van der Waals surface area contributed by atoms with Gasteiger partial charge >= 0.3 is 0 Å². The normalized spacial score (nSPS) is 14.9. The summed E-state index contributed by atoms with van der Waals surface area (Å²) in [7, 11) is -1.19. The minimum atomic E-state index is -1.19. The van der Waals surface area contributed by atoms with E-state index in [0.29, 0.717) is 0 Å². The Hall–Kier alpha value is -0.960. The summed E-state index contributed by atoms with van der Waals surface area (Å²) >= 11 is 0. The maximum atomic E-state index is 11.8. The van der Waals surface area contributed by atoms with Gasteiger partial charge in [-0.3, -0.25) is 0 Å². The predicted molar refractivity (Wildman–Crippen MR) is 71.3 cm³/mol. The molecular weight excluding hydrogens is 218 g/mol. The van der Waals surface area contributed by atoms with E-state index in [2.05, 4.69) is 4.40 Å². The lowest BCUT2D eigenvalue weighted by Crippen LogP contribution is -2.20. The maximum Gasteiger partial charge on any atom is 0.145 e. The topological polar surface area (TPSA) is 29.4 Å². The van der Waals surface area contributed by atoms with E-state index in [1.54, 1.807) is 0 Å². The van der Waals surface area contributed by atoms with Crippen molar-refractivity contribution in [3.05, 3.63) is 35.4 Å². The van der Waals surface area contributed by atoms with E-state index in [1.165, 1.54) is 5.56 Å². The van der Waals surface area contributed by atoms with Gasteiger partial charge in [-0.05, 0) is 40.2 Å². The molecule has 0 aliphatic carbocycles. The second-order valence-corrected chi connectivity index (χ2v) is 6.81. The maximum absolute atomic E-state index is 11.8. The number of benzene rings is 1. The Morgan fingerprint density at radius 3 is 2.12 bits per heavy atom. The Morgan fingerprint density at radius 2 is 1.69 bits per heavy atom. The second-order valence-electron chi connectivity index (χ2n) is 4.90. The van der Waals surface area contributed by atoms with E-state index in [1.807, 2.05) is 58.9 Å². The van der Waals surface area contributed by atoms with Gasteiger partial charge < -0.3 is 0 Å². The first-order valence-corrected chi connectivity index (χ1v) is 6.46. The zero-order valence-electron chi connectivity index (χ0n) is 10.6. The van der Waals surface area contributed by atoms with Crippen molar-refractivity contribution in [3.63, 3.8) is 0 Å². The highest BCUT2D eigenvalue weighted by atomic mass is 32.2. The smallest absolute Gasteiger partial charge is 0.145 e. The largest absolute Gasteiger partial charge is 0.234 e. The molecule has 2 nitrogen and oxygen atoms in total. The first-order valence-electron chi connectivity index (χ1n) is 5.35. The van der Waals surface area contributed by atoms with E-state index in [-0.39, 0.29) is 4.75 Å². The van der Waals surface area contributed by atoms with Gasteiger partial charge in [0.1, 0.15) is 11.0 Å². The van der Waals surface area contributed by atoms with Gasteiger partial charge in [0.05, 0.1) is 10.5 Å². The summed E-state index contributed by atoms with van der Waals surface area (Å²) in [5.74, 6) is 0. The fraction of sp³-hybridized carbons (Fsp3) is 0.462. The number of rotatable bonds is 2. The molecule has 0 saturated heterocycles. The van der Waals surface area contributed by atoms with E-state index < -0.39 is 11.0 Å². The lowest BCUT2D eigenvalue weighted by molar-refractivity contribution is 0.650. The average Bonchev–Trinajstić information content (AvgIpc) is 2.17. The fourth-order valence-electron chi connectivity index (χ4n) is 1.11. The van der Waals surface area contributed by atoms with Gasteiger partial charge in [-0.25, -0.2) is 4.21 Å². The van der Waals surface area contributed by atoms with Crippen LogP contribution < -0.4 is 0 Å². The molecular formula is C13H19NOS. The Kier molecular flexibility index (Phi) is 4.03. The quantitative estimate of drug-likeness (QED) is 0.726. The van der Waals surface area contributed by atoms with Crippen LogP contribution in [0.2, 0.25) is 0 Å². The molecule has 0 saturated carbocycles. The Bertz CT molecular complexity index is 413. The molecule has 0 radical (unpaired) electrons. The van der Waals surface area contributed by atoms with Crippen molar-refractivity contribution in [1.82, 2.24) is 0 Å². The fourth-order valence-corrected chi connectivity index (χ4v) is 1.74. The molecule has 1 rings (SSSR count). The zero-order chi connectivity index (χ0) is 12.3. The standard InChI is InChI=1S/C13H19NOS/c1-10-6-8-12(9-7-10)11(2)14-16(15)13(3,4)5/h6-9H,1-5H3/b14-11+/t16-/m1/s1. The third kappa shape index (κ3) is 3.56. The predicted octanol–water partition coefficient (Wildman–Crippen LogP) is 3.27. The molecule has 16 heavy (non-hydrogen) atoms.